The summed E-state index contributed by atoms with van der Waals surface area (Å²) in [4.78, 5) is 35.4. The van der Waals surface area contributed by atoms with Crippen LogP contribution >= 0.6 is 7.82 Å². The molecule has 0 fully saturated rings. The Labute approximate surface area is 377 Å². The van der Waals surface area contributed by atoms with E-state index in [9.17, 15) is 19.0 Å². The molecule has 0 aromatic rings. The summed E-state index contributed by atoms with van der Waals surface area (Å²) in [5.74, 6) is -0.951. The molecule has 0 aliphatic heterocycles. The average Bonchev–Trinajstić information content (AvgIpc) is 3.23. The van der Waals surface area contributed by atoms with Gasteiger partial charge in [-0.3, -0.25) is 18.6 Å². The maximum absolute atomic E-state index is 12.7. The number of phosphoric ester groups is 1. The number of hydrogen-bond donors (Lipinski definition) is 1. The highest BCUT2D eigenvalue weighted by atomic mass is 31.2. The molecule has 2 atom stereocenters. The number of nitrogens with zero attached hydrogens (tertiary/aromatic N) is 1. The van der Waals surface area contributed by atoms with Gasteiger partial charge in [0.05, 0.1) is 27.7 Å². The van der Waals surface area contributed by atoms with E-state index >= 15 is 0 Å². The molecule has 0 aliphatic rings. The van der Waals surface area contributed by atoms with Gasteiger partial charge in [-0.1, -0.05) is 154 Å². The third kappa shape index (κ3) is 45.7. The van der Waals surface area contributed by atoms with Crippen molar-refractivity contribution in [3.63, 3.8) is 0 Å². The predicted octanol–water partition coefficient (Wildman–Crippen LogP) is 13.5. The molecular formula is C52H83NO8P+. The van der Waals surface area contributed by atoms with E-state index in [1.54, 1.807) is 0 Å². The lowest BCUT2D eigenvalue weighted by molar-refractivity contribution is -0.870. The largest absolute Gasteiger partial charge is 0.472 e. The summed E-state index contributed by atoms with van der Waals surface area (Å²) in [6.45, 7) is 4.03. The second-order valence-corrected chi connectivity index (χ2v) is 17.1. The summed E-state index contributed by atoms with van der Waals surface area (Å²) in [6.07, 6.45) is 60.9. The summed E-state index contributed by atoms with van der Waals surface area (Å²) in [5.41, 5.74) is 0. The molecule has 0 saturated heterocycles. The number of esters is 2. The minimum Gasteiger partial charge on any atom is -0.462 e. The number of unbranched alkanes of at least 4 members (excludes halogenated alkanes) is 3. The number of ether oxygens (including phenoxy) is 2. The highest BCUT2D eigenvalue weighted by molar-refractivity contribution is 7.47. The molecule has 348 valence electrons. The highest BCUT2D eigenvalue weighted by Gasteiger charge is 2.27. The van der Waals surface area contributed by atoms with E-state index in [0.717, 1.165) is 89.9 Å². The highest BCUT2D eigenvalue weighted by Crippen LogP contribution is 2.43. The van der Waals surface area contributed by atoms with Gasteiger partial charge in [0.25, 0.3) is 0 Å². The van der Waals surface area contributed by atoms with E-state index in [2.05, 4.69) is 135 Å². The van der Waals surface area contributed by atoms with Crippen LogP contribution in [-0.2, 0) is 32.7 Å². The van der Waals surface area contributed by atoms with Crippen LogP contribution in [0.15, 0.2) is 134 Å². The molecule has 0 aliphatic carbocycles. The SMILES string of the molecule is CC/C=C\C/C=C\C/C=C\C/C=C\C/C=C\C/C=C\CCC(=O)O[C@H](COC(=O)CCCCC/C=C\C/C=C\C/C=C\C/C=C\C/C=C\CC)COP(=O)(O)OCC[N+](C)(C)C. The van der Waals surface area contributed by atoms with Crippen molar-refractivity contribution in [3.05, 3.63) is 134 Å². The van der Waals surface area contributed by atoms with Crippen molar-refractivity contribution in [2.45, 2.75) is 136 Å². The Hall–Kier alpha value is -3.85. The molecule has 9 nitrogen and oxygen atoms in total. The zero-order chi connectivity index (χ0) is 45.7. The molecule has 0 spiro atoms. The summed E-state index contributed by atoms with van der Waals surface area (Å²) in [7, 11) is 1.38. The number of quaternary nitrogens is 1. The third-order valence-electron chi connectivity index (χ3n) is 8.69. The van der Waals surface area contributed by atoms with E-state index in [0.29, 0.717) is 23.9 Å². The van der Waals surface area contributed by atoms with Crippen molar-refractivity contribution in [1.82, 2.24) is 0 Å². The van der Waals surface area contributed by atoms with Crippen LogP contribution in [0.25, 0.3) is 0 Å². The monoisotopic (exact) mass is 881 g/mol. The Morgan fingerprint density at radius 1 is 0.500 bits per heavy atom. The zero-order valence-electron chi connectivity index (χ0n) is 39.0. The maximum atomic E-state index is 12.7. The van der Waals surface area contributed by atoms with Crippen molar-refractivity contribution < 1.29 is 42.1 Å². The van der Waals surface area contributed by atoms with Gasteiger partial charge in [0.15, 0.2) is 6.10 Å². The van der Waals surface area contributed by atoms with Crippen LogP contribution in [0.5, 0.6) is 0 Å². The van der Waals surface area contributed by atoms with Crippen molar-refractivity contribution in [2.24, 2.45) is 0 Å². The van der Waals surface area contributed by atoms with E-state index in [1.807, 2.05) is 33.3 Å². The summed E-state index contributed by atoms with van der Waals surface area (Å²) < 4.78 is 34.2. The van der Waals surface area contributed by atoms with Gasteiger partial charge in [-0.2, -0.15) is 0 Å². The van der Waals surface area contributed by atoms with Gasteiger partial charge in [-0.05, 0) is 96.3 Å². The molecule has 0 heterocycles. The van der Waals surface area contributed by atoms with Gasteiger partial charge >= 0.3 is 19.8 Å². The summed E-state index contributed by atoms with van der Waals surface area (Å²) in [6, 6.07) is 0. The molecule has 0 aromatic heterocycles. The van der Waals surface area contributed by atoms with Gasteiger partial charge in [0, 0.05) is 12.8 Å². The van der Waals surface area contributed by atoms with Crippen molar-refractivity contribution >= 4 is 19.8 Å². The Bertz CT molecular complexity index is 1510. The second kappa shape index (κ2) is 42.5. The summed E-state index contributed by atoms with van der Waals surface area (Å²) >= 11 is 0. The molecule has 1 N–H and O–H groups in total. The minimum absolute atomic E-state index is 0.00373. The molecule has 0 aromatic carbocycles. The Kier molecular flexibility index (Phi) is 39.8. The van der Waals surface area contributed by atoms with Crippen LogP contribution in [0.2, 0.25) is 0 Å². The molecule has 0 bridgehead atoms. The fourth-order valence-corrected chi connectivity index (χ4v) is 5.92. The second-order valence-electron chi connectivity index (χ2n) is 15.7. The molecule has 1 unspecified atom stereocenters. The lowest BCUT2D eigenvalue weighted by Gasteiger charge is -2.24. The van der Waals surface area contributed by atoms with Gasteiger partial charge in [-0.25, -0.2) is 4.57 Å². The Morgan fingerprint density at radius 2 is 0.903 bits per heavy atom. The van der Waals surface area contributed by atoms with Crippen molar-refractivity contribution in [3.8, 4) is 0 Å². The zero-order valence-corrected chi connectivity index (χ0v) is 39.9. The van der Waals surface area contributed by atoms with Crippen LogP contribution in [0.1, 0.15) is 129 Å². The lowest BCUT2D eigenvalue weighted by Crippen LogP contribution is -2.37. The summed E-state index contributed by atoms with van der Waals surface area (Å²) in [5, 5.41) is 0. The first-order valence-electron chi connectivity index (χ1n) is 22.9. The Balaban J connectivity index is 4.56. The van der Waals surface area contributed by atoms with E-state index in [-0.39, 0.29) is 26.1 Å². The average molecular weight is 881 g/mol. The normalized spacial score (nSPS) is 14.7. The molecule has 0 saturated carbocycles. The third-order valence-corrected chi connectivity index (χ3v) is 9.67. The quantitative estimate of drug-likeness (QED) is 0.0214. The minimum atomic E-state index is -4.42. The van der Waals surface area contributed by atoms with Crippen molar-refractivity contribution in [1.29, 1.82) is 0 Å². The smallest absolute Gasteiger partial charge is 0.462 e. The lowest BCUT2D eigenvalue weighted by atomic mass is 10.1. The standard InChI is InChI=1S/C52H82NO8P/c1-6-8-10-12-14-16-18-20-22-24-26-28-30-32-34-36-38-40-42-44-51(54)58-48-50(49-60-62(56,57)59-47-46-53(3,4)5)61-52(55)45-43-41-39-37-35-33-31-29-27-25-23-21-19-17-15-13-11-9-7-2/h8-11,14-17,20-23,26-29,32-35,39,41,50H,6-7,12-13,18-19,24-25,30-31,36-38,40,42-49H2,1-5H3/p+1/b10-8-,11-9-,16-14-,17-15-,22-20-,23-21-,28-26-,29-27-,34-32-,35-33-,41-39-/t50-/m1/s1. The van der Waals surface area contributed by atoms with Crippen LogP contribution in [0.4, 0.5) is 0 Å². The number of hydrogen-bond acceptors (Lipinski definition) is 7. The van der Waals surface area contributed by atoms with Crippen LogP contribution in [0, 0.1) is 0 Å². The van der Waals surface area contributed by atoms with E-state index in [4.69, 9.17) is 18.5 Å². The fraction of sp³-hybridized carbons (Fsp3) is 0.538. The van der Waals surface area contributed by atoms with Crippen LogP contribution < -0.4 is 0 Å². The first kappa shape index (κ1) is 58.1. The number of allylic oxidation sites excluding steroid dienone is 22. The topological polar surface area (TPSA) is 108 Å². The molecular weight excluding hydrogens is 798 g/mol. The van der Waals surface area contributed by atoms with Crippen LogP contribution in [-0.4, -0.2) is 74.9 Å². The van der Waals surface area contributed by atoms with Crippen molar-refractivity contribution in [2.75, 3.05) is 47.5 Å². The number of phosphoric acid groups is 1. The number of carbonyl (C=O) groups excluding carboxylic acids is 2. The fourth-order valence-electron chi connectivity index (χ4n) is 5.18. The molecule has 0 amide bonds. The van der Waals surface area contributed by atoms with Gasteiger partial charge in [0.1, 0.15) is 19.8 Å². The van der Waals surface area contributed by atoms with Gasteiger partial charge < -0.3 is 18.9 Å². The molecule has 0 radical (unpaired) electrons. The maximum Gasteiger partial charge on any atom is 0.472 e. The van der Waals surface area contributed by atoms with E-state index < -0.39 is 32.5 Å². The molecule has 62 heavy (non-hydrogen) atoms. The Morgan fingerprint density at radius 3 is 1.32 bits per heavy atom. The molecule has 10 heteroatoms. The van der Waals surface area contributed by atoms with Gasteiger partial charge in [-0.15, -0.1) is 0 Å². The van der Waals surface area contributed by atoms with Gasteiger partial charge in [0.2, 0.25) is 0 Å². The first-order chi connectivity index (χ1) is 30.0. The van der Waals surface area contributed by atoms with E-state index in [1.165, 1.54) is 0 Å². The molecule has 0 rings (SSSR count). The first-order valence-corrected chi connectivity index (χ1v) is 24.4. The predicted molar refractivity (Wildman–Crippen MR) is 260 cm³/mol. The number of rotatable bonds is 39. The number of likely N-dealkylation sites (N-methyl/N-ethyl adjacent to an activating group) is 1. The van der Waals surface area contributed by atoms with Crippen LogP contribution in [0.3, 0.4) is 0 Å². The number of carbonyl (C=O) groups is 2.